The van der Waals surface area contributed by atoms with Crippen LogP contribution >= 0.6 is 0 Å². The molecule has 4 heteroatoms. The maximum absolute atomic E-state index is 10.0. The Labute approximate surface area is 52.5 Å². The lowest BCUT2D eigenvalue weighted by Crippen LogP contribution is -2.09. The Morgan fingerprint density at radius 1 is 1.78 bits per heavy atom. The first-order valence-corrected chi connectivity index (χ1v) is 2.29. The van der Waals surface area contributed by atoms with Crippen molar-refractivity contribution in [1.82, 2.24) is 0 Å². The first-order valence-electron chi connectivity index (χ1n) is 2.29. The zero-order chi connectivity index (χ0) is 7.44. The second-order valence-corrected chi connectivity index (χ2v) is 1.56. The third-order valence-corrected chi connectivity index (χ3v) is 0.663. The molecule has 0 rings (SSSR count). The molecule has 4 nitrogen and oxygen atoms in total. The minimum absolute atomic E-state index is 0.0752. The largest absolute Gasteiger partial charge is 0.506 e. The molecule has 0 aromatic heterocycles. The molecule has 0 spiro atoms. The lowest BCUT2D eigenvalue weighted by molar-refractivity contribution is -0.113. The van der Waals surface area contributed by atoms with Gasteiger partial charge in [0.15, 0.2) is 0 Å². The summed E-state index contributed by atoms with van der Waals surface area (Å²) in [4.78, 5) is 10.0. The summed E-state index contributed by atoms with van der Waals surface area (Å²) >= 11 is 0. The molecule has 0 aliphatic rings. The van der Waals surface area contributed by atoms with Crippen LogP contribution in [0.25, 0.3) is 0 Å². The smallest absolute Gasteiger partial charge is 0.245 e. The molecule has 50 valence electrons. The van der Waals surface area contributed by atoms with E-state index in [-0.39, 0.29) is 11.5 Å². The molecular weight excluding hydrogens is 120 g/mol. The van der Waals surface area contributed by atoms with Crippen molar-refractivity contribution in [2.45, 2.75) is 6.92 Å². The minimum Gasteiger partial charge on any atom is -0.506 e. The van der Waals surface area contributed by atoms with Gasteiger partial charge in [0.2, 0.25) is 5.91 Å². The molecule has 0 aliphatic carbocycles. The molecule has 9 heavy (non-hydrogen) atoms. The van der Waals surface area contributed by atoms with E-state index in [1.807, 2.05) is 0 Å². The quantitative estimate of drug-likeness (QED) is 0.276. The molecule has 0 fully saturated rings. The third-order valence-electron chi connectivity index (χ3n) is 0.663. The summed E-state index contributed by atoms with van der Waals surface area (Å²) in [6.07, 6.45) is 0.794. The van der Waals surface area contributed by atoms with Gasteiger partial charge in [-0.2, -0.15) is 0 Å². The zero-order valence-corrected chi connectivity index (χ0v) is 5.01. The summed E-state index contributed by atoms with van der Waals surface area (Å²) < 4.78 is 0. The molecule has 0 aliphatic heterocycles. The maximum Gasteiger partial charge on any atom is 0.245 e. The van der Waals surface area contributed by atoms with Crippen molar-refractivity contribution in [2.24, 2.45) is 5.73 Å². The molecule has 0 bridgehead atoms. The number of primary amides is 1. The SMILES string of the molecule is CC(=N)/C(O)=C\C(N)=O. The molecule has 0 aromatic rings. The van der Waals surface area contributed by atoms with Crippen LogP contribution < -0.4 is 5.73 Å². The van der Waals surface area contributed by atoms with Crippen LogP contribution in [0, 0.1) is 5.41 Å². The summed E-state index contributed by atoms with van der Waals surface area (Å²) in [5, 5.41) is 15.4. The van der Waals surface area contributed by atoms with Crippen LogP contribution in [-0.2, 0) is 4.79 Å². The van der Waals surface area contributed by atoms with Gasteiger partial charge in [-0.25, -0.2) is 0 Å². The number of carbonyl (C=O) groups is 1. The van der Waals surface area contributed by atoms with Gasteiger partial charge in [-0.3, -0.25) is 4.79 Å². The Morgan fingerprint density at radius 3 is 2.33 bits per heavy atom. The molecule has 4 N–H and O–H groups in total. The minimum atomic E-state index is -0.751. The molecule has 0 saturated carbocycles. The molecule has 0 radical (unpaired) electrons. The number of aliphatic hydroxyl groups excluding tert-OH is 1. The first kappa shape index (κ1) is 7.68. The van der Waals surface area contributed by atoms with E-state index in [0.717, 1.165) is 6.08 Å². The number of hydrogen-bond acceptors (Lipinski definition) is 3. The number of aliphatic hydroxyl groups is 1. The monoisotopic (exact) mass is 128 g/mol. The lowest BCUT2D eigenvalue weighted by atomic mass is 10.3. The van der Waals surface area contributed by atoms with Crippen LogP contribution in [0.4, 0.5) is 0 Å². The van der Waals surface area contributed by atoms with Gasteiger partial charge in [0.25, 0.3) is 0 Å². The van der Waals surface area contributed by atoms with Gasteiger partial charge in [0, 0.05) is 6.08 Å². The fraction of sp³-hybridized carbons (Fsp3) is 0.200. The van der Waals surface area contributed by atoms with E-state index in [0.29, 0.717) is 0 Å². The number of nitrogens with two attached hydrogens (primary N) is 1. The normalized spacial score (nSPS) is 11.0. The number of rotatable bonds is 2. The Hall–Kier alpha value is -1.32. The number of carbonyl (C=O) groups excluding carboxylic acids is 1. The zero-order valence-electron chi connectivity index (χ0n) is 5.01. The van der Waals surface area contributed by atoms with Crippen LogP contribution in [0.2, 0.25) is 0 Å². The van der Waals surface area contributed by atoms with Gasteiger partial charge in [0.1, 0.15) is 5.76 Å². The highest BCUT2D eigenvalue weighted by Gasteiger charge is 1.95. The molecule has 0 heterocycles. The second kappa shape index (κ2) is 2.86. The van der Waals surface area contributed by atoms with Crippen LogP contribution in [0.1, 0.15) is 6.92 Å². The predicted molar refractivity (Wildman–Crippen MR) is 33.3 cm³/mol. The Morgan fingerprint density at radius 2 is 2.22 bits per heavy atom. The Kier molecular flexibility index (Phi) is 2.44. The van der Waals surface area contributed by atoms with Gasteiger partial charge in [-0.15, -0.1) is 0 Å². The van der Waals surface area contributed by atoms with Crippen LogP contribution in [0.15, 0.2) is 11.8 Å². The highest BCUT2D eigenvalue weighted by molar-refractivity contribution is 5.99. The average Bonchev–Trinajstić information content (AvgIpc) is 1.63. The van der Waals surface area contributed by atoms with Crippen molar-refractivity contribution < 1.29 is 9.90 Å². The van der Waals surface area contributed by atoms with Gasteiger partial charge in [-0.1, -0.05) is 0 Å². The van der Waals surface area contributed by atoms with Crippen molar-refractivity contribution in [1.29, 1.82) is 5.41 Å². The van der Waals surface area contributed by atoms with Crippen molar-refractivity contribution in [2.75, 3.05) is 0 Å². The number of hydrogen-bond donors (Lipinski definition) is 3. The van der Waals surface area contributed by atoms with Crippen LogP contribution in [0.3, 0.4) is 0 Å². The van der Waals surface area contributed by atoms with Gasteiger partial charge < -0.3 is 16.2 Å². The number of amides is 1. The van der Waals surface area contributed by atoms with Crippen molar-refractivity contribution in [3.05, 3.63) is 11.8 Å². The van der Waals surface area contributed by atoms with Crippen molar-refractivity contribution >= 4 is 11.6 Å². The summed E-state index contributed by atoms with van der Waals surface area (Å²) in [6.45, 7) is 1.36. The van der Waals surface area contributed by atoms with E-state index < -0.39 is 5.91 Å². The van der Waals surface area contributed by atoms with E-state index in [2.05, 4.69) is 5.73 Å². The van der Waals surface area contributed by atoms with E-state index >= 15 is 0 Å². The lowest BCUT2D eigenvalue weighted by Gasteiger charge is -1.90. The average molecular weight is 128 g/mol. The van der Waals surface area contributed by atoms with Crippen molar-refractivity contribution in [3.63, 3.8) is 0 Å². The topological polar surface area (TPSA) is 87.2 Å². The van der Waals surface area contributed by atoms with E-state index in [9.17, 15) is 4.79 Å². The Balaban J connectivity index is 4.17. The fourth-order valence-electron chi connectivity index (χ4n) is 0.243. The Bertz CT molecular complexity index is 172. The first-order chi connectivity index (χ1) is 4.04. The summed E-state index contributed by atoms with van der Waals surface area (Å²) in [5.41, 5.74) is 4.58. The van der Waals surface area contributed by atoms with Gasteiger partial charge in [-0.05, 0) is 6.92 Å². The van der Waals surface area contributed by atoms with Crippen LogP contribution in [-0.4, -0.2) is 16.7 Å². The van der Waals surface area contributed by atoms with Gasteiger partial charge >= 0.3 is 0 Å². The standard InChI is InChI=1S/C5H8N2O2/c1-3(6)4(8)2-5(7)9/h2,6,8H,1H3,(H2,7,9)/b4-2+,6-3?. The second-order valence-electron chi connectivity index (χ2n) is 1.56. The third kappa shape index (κ3) is 3.28. The molecule has 0 unspecified atom stereocenters. The molecule has 0 aromatic carbocycles. The predicted octanol–water partition coefficient (Wildman–Crippen LogP) is -0.0467. The highest BCUT2D eigenvalue weighted by atomic mass is 16.3. The van der Waals surface area contributed by atoms with E-state index in [4.69, 9.17) is 10.5 Å². The number of allylic oxidation sites excluding steroid dienone is 1. The molecule has 1 amide bonds. The summed E-state index contributed by atoms with van der Waals surface area (Å²) in [5.74, 6) is -1.14. The number of nitrogens with one attached hydrogen (secondary N) is 1. The maximum atomic E-state index is 10.0. The highest BCUT2D eigenvalue weighted by Crippen LogP contribution is 1.87. The fourth-order valence-corrected chi connectivity index (χ4v) is 0.243. The molecular formula is C5H8N2O2. The molecule has 0 saturated heterocycles. The molecule has 0 atom stereocenters. The van der Waals surface area contributed by atoms with Crippen molar-refractivity contribution in [3.8, 4) is 0 Å². The van der Waals surface area contributed by atoms with E-state index in [1.54, 1.807) is 0 Å². The summed E-state index contributed by atoms with van der Waals surface area (Å²) in [6, 6.07) is 0. The van der Waals surface area contributed by atoms with E-state index in [1.165, 1.54) is 6.92 Å². The van der Waals surface area contributed by atoms with Gasteiger partial charge in [0.05, 0.1) is 5.71 Å². The summed E-state index contributed by atoms with van der Waals surface area (Å²) in [7, 11) is 0. The van der Waals surface area contributed by atoms with Crippen LogP contribution in [0.5, 0.6) is 0 Å².